The highest BCUT2D eigenvalue weighted by Gasteiger charge is 1.03. The van der Waals surface area contributed by atoms with Crippen LogP contribution in [0, 0.1) is 12.8 Å². The van der Waals surface area contributed by atoms with Crippen molar-refractivity contribution in [3.05, 3.63) is 7.43 Å². The van der Waals surface area contributed by atoms with Gasteiger partial charge in [-0.15, -0.1) is 0 Å². The molecule has 0 aromatic rings. The van der Waals surface area contributed by atoms with Crippen LogP contribution in [0.15, 0.2) is 0 Å². The fourth-order valence-corrected chi connectivity index (χ4v) is 0. The van der Waals surface area contributed by atoms with E-state index in [1.807, 2.05) is 0 Å². The van der Waals surface area contributed by atoms with E-state index in [-0.39, 0.29) is 7.43 Å². The van der Waals surface area contributed by atoms with Gasteiger partial charge < -0.3 is 0 Å². The Morgan fingerprint density at radius 3 is 1.75 bits per heavy atom. The Labute approximate surface area is 25.0 Å². The van der Waals surface area contributed by atoms with Crippen LogP contribution in [-0.2, 0) is 4.79 Å². The summed E-state index contributed by atoms with van der Waals surface area (Å²) in [7, 11) is 0. The maximum Gasteiger partial charge on any atom is 0.231 e. The Morgan fingerprint density at radius 2 is 1.75 bits per heavy atom. The minimum atomic E-state index is 0. The lowest BCUT2D eigenvalue weighted by Gasteiger charge is -1.02. The number of nitrogens with one attached hydrogen (secondary N) is 1. The van der Waals surface area contributed by atoms with E-state index in [1.165, 1.54) is 0 Å². The molecule has 2 heteroatoms. The summed E-state index contributed by atoms with van der Waals surface area (Å²) in [4.78, 5) is 8.35. The molecule has 0 aromatic carbocycles. The molecule has 0 aliphatic rings. The molecule has 20 valence electrons. The number of carbonyl (C=O) groups excluding carboxylic acids is 1. The summed E-state index contributed by atoms with van der Waals surface area (Å²) in [5.74, 6) is 0. The average molecular weight is 55.0 g/mol. The van der Waals surface area contributed by atoms with Gasteiger partial charge in [0.2, 0.25) is 6.08 Å². The molecule has 1 N–H and O–H groups in total. The van der Waals surface area contributed by atoms with Gasteiger partial charge >= 0.3 is 0 Å². The molecule has 0 spiro atoms. The minimum absolute atomic E-state index is 0. The summed E-state index contributed by atoms with van der Waals surface area (Å²) in [6.07, 6.45) is 0.750. The lowest BCUT2D eigenvalue weighted by molar-refractivity contribution is 0.563. The van der Waals surface area contributed by atoms with E-state index in [2.05, 4.69) is 0 Å². The van der Waals surface area contributed by atoms with Gasteiger partial charge in [-0.1, -0.05) is 0 Å². The summed E-state index contributed by atoms with van der Waals surface area (Å²) in [5, 5.41) is 5.40. The van der Waals surface area contributed by atoms with Crippen LogP contribution in [0.1, 0.15) is 0 Å². The monoisotopic (exact) mass is 55.0 g/mol. The van der Waals surface area contributed by atoms with Crippen LogP contribution in [0.4, 0.5) is 0 Å². The minimum Gasteiger partial charge on any atom is -0.222 e. The molecule has 0 saturated heterocycles. The number of hydrogen-bond donors (Lipinski definition) is 1. The van der Waals surface area contributed by atoms with Crippen molar-refractivity contribution in [2.24, 2.45) is 0 Å². The highest BCUT2D eigenvalue weighted by atomic mass is 16.1. The Bertz CT molecular complexity index is 27.0. The van der Waals surface area contributed by atoms with Crippen LogP contribution >= 0.6 is 0 Å². The fourth-order valence-electron chi connectivity index (χ4n) is 0. The van der Waals surface area contributed by atoms with Crippen molar-refractivity contribution in [2.75, 3.05) is 0 Å². The van der Waals surface area contributed by atoms with Crippen LogP contribution < -0.4 is 0 Å². The highest BCUT2D eigenvalue weighted by molar-refractivity contribution is 5.26. The van der Waals surface area contributed by atoms with E-state index >= 15 is 0 Å². The normalized spacial score (nSPS) is 2.00. The molecule has 2 nitrogen and oxygen atoms in total. The lowest BCUT2D eigenvalue weighted by atomic mass is 11.7. The molecule has 0 amide bonds. The van der Waals surface area contributed by atoms with E-state index in [9.17, 15) is 0 Å². The Hall–Kier alpha value is -0.620. The maximum atomic E-state index is 8.35. The molecule has 4 heavy (non-hydrogen) atoms. The average Bonchev–Trinajstić information content (AvgIpc) is 0.918. The predicted molar refractivity (Wildman–Crippen MR) is 11.7 cm³/mol. The first-order valence-corrected chi connectivity index (χ1v) is 0.454. The van der Waals surface area contributed by atoms with Gasteiger partial charge in [-0.05, 0) is 0 Å². The van der Waals surface area contributed by atoms with Crippen LogP contribution in [-0.4, -0.2) is 6.08 Å². The molecule has 0 aromatic heterocycles. The van der Waals surface area contributed by atoms with Gasteiger partial charge in [-0.25, -0.2) is 10.2 Å². The fraction of sp³-hybridized carbons (Fsp3) is 0. The zero-order valence-electron chi connectivity index (χ0n) is 1.91. The molecule has 0 saturated carbocycles. The number of rotatable bonds is 0. The first kappa shape index (κ1) is 10.1. The molecular weight excluding hydrogens is 54.0 g/mol. The van der Waals surface area contributed by atoms with Gasteiger partial charge in [0.1, 0.15) is 0 Å². The lowest BCUT2D eigenvalue weighted by Crippen LogP contribution is -1.16. The number of isocyanates is 1. The van der Waals surface area contributed by atoms with Crippen LogP contribution in [0.5, 0.6) is 0 Å². The SMILES string of the molecule is N=C=O.[C]. The van der Waals surface area contributed by atoms with Gasteiger partial charge in [0, 0.05) is 7.43 Å². The van der Waals surface area contributed by atoms with Crippen molar-refractivity contribution in [3.8, 4) is 0 Å². The van der Waals surface area contributed by atoms with Crippen LogP contribution in [0.25, 0.3) is 0 Å². The van der Waals surface area contributed by atoms with E-state index < -0.39 is 0 Å². The zero-order chi connectivity index (χ0) is 2.71. The third-order valence-corrected chi connectivity index (χ3v) is 0. The van der Waals surface area contributed by atoms with Crippen LogP contribution in [0.3, 0.4) is 0 Å². The molecule has 0 aliphatic heterocycles. The van der Waals surface area contributed by atoms with E-state index in [0.717, 1.165) is 6.08 Å². The van der Waals surface area contributed by atoms with Crippen molar-refractivity contribution < 1.29 is 4.79 Å². The Kier molecular flexibility index (Phi) is 78.9. The zero-order valence-corrected chi connectivity index (χ0v) is 1.91. The second-order valence-corrected chi connectivity index (χ2v) is 0.102. The second kappa shape index (κ2) is 31.4. The molecule has 0 heterocycles. The Balaban J connectivity index is 0. The van der Waals surface area contributed by atoms with Crippen molar-refractivity contribution in [1.82, 2.24) is 0 Å². The van der Waals surface area contributed by atoms with Gasteiger partial charge in [-0.2, -0.15) is 0 Å². The smallest absolute Gasteiger partial charge is 0.222 e. The van der Waals surface area contributed by atoms with Crippen molar-refractivity contribution in [3.63, 3.8) is 0 Å². The molecule has 0 atom stereocenters. The van der Waals surface area contributed by atoms with Gasteiger partial charge in [0.15, 0.2) is 0 Å². The quantitative estimate of drug-likeness (QED) is 0.307. The standard InChI is InChI=1S/CHNO.C/c2-1-3;/h2H;. The first-order chi connectivity index (χ1) is 1.41. The van der Waals surface area contributed by atoms with Gasteiger partial charge in [-0.3, -0.25) is 0 Å². The van der Waals surface area contributed by atoms with E-state index in [4.69, 9.17) is 10.2 Å². The summed E-state index contributed by atoms with van der Waals surface area (Å²) < 4.78 is 0. The van der Waals surface area contributed by atoms with Crippen molar-refractivity contribution in [1.29, 1.82) is 5.41 Å². The van der Waals surface area contributed by atoms with Crippen molar-refractivity contribution >= 4 is 6.08 Å². The molecule has 0 aliphatic carbocycles. The molecule has 4 radical (unpaired) electrons. The second-order valence-electron chi connectivity index (χ2n) is 0.102. The summed E-state index contributed by atoms with van der Waals surface area (Å²) in [6, 6.07) is 0. The molecular formula is C2HNO. The molecule has 0 unspecified atom stereocenters. The van der Waals surface area contributed by atoms with E-state index in [1.54, 1.807) is 0 Å². The topological polar surface area (TPSA) is 40.9 Å². The molecule has 0 rings (SSSR count). The largest absolute Gasteiger partial charge is 0.231 e. The first-order valence-electron chi connectivity index (χ1n) is 0.454. The molecule has 0 bridgehead atoms. The van der Waals surface area contributed by atoms with Gasteiger partial charge in [0.25, 0.3) is 0 Å². The Morgan fingerprint density at radius 1 is 1.75 bits per heavy atom. The third-order valence-electron chi connectivity index (χ3n) is 0. The summed E-state index contributed by atoms with van der Waals surface area (Å²) in [6.45, 7) is 0. The van der Waals surface area contributed by atoms with E-state index in [0.29, 0.717) is 0 Å². The summed E-state index contributed by atoms with van der Waals surface area (Å²) >= 11 is 0. The van der Waals surface area contributed by atoms with Crippen molar-refractivity contribution in [2.45, 2.75) is 0 Å². The van der Waals surface area contributed by atoms with Crippen LogP contribution in [0.2, 0.25) is 0 Å². The predicted octanol–water partition coefficient (Wildman–Crippen LogP) is -0.0177. The molecule has 0 fully saturated rings. The maximum absolute atomic E-state index is 8.35. The highest BCUT2D eigenvalue weighted by Crippen LogP contribution is 0.868. The number of hydrogen-bond acceptors (Lipinski definition) is 2. The van der Waals surface area contributed by atoms with Gasteiger partial charge in [0.05, 0.1) is 0 Å². The third kappa shape index (κ3) is 0.518. The summed E-state index contributed by atoms with van der Waals surface area (Å²) in [5.41, 5.74) is 0.